The Labute approximate surface area is 127 Å². The lowest BCUT2D eigenvalue weighted by atomic mass is 9.70. The SMILES string of the molecule is CC1CCC(CN2CCN(S(C)(=O)=O)CC2)(C(=O)O)CC1. The van der Waals surface area contributed by atoms with Crippen LogP contribution in [0, 0.1) is 11.3 Å². The van der Waals surface area contributed by atoms with Gasteiger partial charge in [0.1, 0.15) is 0 Å². The molecule has 122 valence electrons. The highest BCUT2D eigenvalue weighted by molar-refractivity contribution is 7.88. The number of sulfonamides is 1. The Kier molecular flexibility index (Phi) is 4.95. The van der Waals surface area contributed by atoms with Gasteiger partial charge in [-0.1, -0.05) is 6.92 Å². The van der Waals surface area contributed by atoms with Crippen LogP contribution in [0.3, 0.4) is 0 Å². The molecule has 0 spiro atoms. The first-order valence-corrected chi connectivity index (χ1v) is 9.49. The first kappa shape index (κ1) is 16.7. The van der Waals surface area contributed by atoms with Crippen LogP contribution in [0.1, 0.15) is 32.6 Å². The normalized spacial score (nSPS) is 33.0. The molecule has 0 amide bonds. The number of nitrogens with zero attached hydrogens (tertiary/aromatic N) is 2. The standard InChI is InChI=1S/C14H26N2O4S/c1-12-3-5-14(6-4-12,13(17)18)11-15-7-9-16(10-8-15)21(2,19)20/h12H,3-11H2,1-2H3,(H,17,18). The zero-order valence-electron chi connectivity index (χ0n) is 12.9. The number of carboxylic acid groups (broad SMARTS) is 1. The molecule has 21 heavy (non-hydrogen) atoms. The van der Waals surface area contributed by atoms with Crippen LogP contribution < -0.4 is 0 Å². The van der Waals surface area contributed by atoms with Gasteiger partial charge in [-0.2, -0.15) is 4.31 Å². The average molecular weight is 318 g/mol. The van der Waals surface area contributed by atoms with Crippen molar-refractivity contribution in [2.24, 2.45) is 11.3 Å². The third kappa shape index (κ3) is 3.96. The topological polar surface area (TPSA) is 77.9 Å². The van der Waals surface area contributed by atoms with E-state index in [-0.39, 0.29) is 0 Å². The molecule has 0 radical (unpaired) electrons. The van der Waals surface area contributed by atoms with Crippen LogP contribution >= 0.6 is 0 Å². The minimum absolute atomic E-state index is 0.463. The molecule has 1 N–H and O–H groups in total. The second-order valence-electron chi connectivity index (χ2n) is 6.71. The van der Waals surface area contributed by atoms with E-state index < -0.39 is 21.4 Å². The molecule has 1 saturated heterocycles. The number of rotatable bonds is 4. The molecule has 0 bridgehead atoms. The number of piperazine rings is 1. The Morgan fingerprint density at radius 1 is 1.19 bits per heavy atom. The maximum Gasteiger partial charge on any atom is 0.310 e. The number of hydrogen-bond acceptors (Lipinski definition) is 4. The van der Waals surface area contributed by atoms with Gasteiger partial charge < -0.3 is 5.11 Å². The lowest BCUT2D eigenvalue weighted by Gasteiger charge is -2.42. The third-order valence-corrected chi connectivity index (χ3v) is 6.31. The van der Waals surface area contributed by atoms with Crippen molar-refractivity contribution in [3.05, 3.63) is 0 Å². The molecule has 2 fully saturated rings. The molecule has 0 aromatic carbocycles. The van der Waals surface area contributed by atoms with E-state index in [1.165, 1.54) is 10.6 Å². The molecule has 6 nitrogen and oxygen atoms in total. The Morgan fingerprint density at radius 3 is 2.14 bits per heavy atom. The van der Waals surface area contributed by atoms with E-state index >= 15 is 0 Å². The van der Waals surface area contributed by atoms with Crippen molar-refractivity contribution in [1.29, 1.82) is 0 Å². The van der Waals surface area contributed by atoms with Crippen molar-refractivity contribution < 1.29 is 18.3 Å². The van der Waals surface area contributed by atoms with Crippen LogP contribution in [0.15, 0.2) is 0 Å². The Balaban J connectivity index is 1.96. The van der Waals surface area contributed by atoms with Crippen molar-refractivity contribution in [3.63, 3.8) is 0 Å². The van der Waals surface area contributed by atoms with Crippen LogP contribution in [0.5, 0.6) is 0 Å². The fraction of sp³-hybridized carbons (Fsp3) is 0.929. The van der Waals surface area contributed by atoms with E-state index in [2.05, 4.69) is 11.8 Å². The predicted molar refractivity (Wildman–Crippen MR) is 80.6 cm³/mol. The predicted octanol–water partition coefficient (Wildman–Crippen LogP) is 0.845. The van der Waals surface area contributed by atoms with Gasteiger partial charge in [0, 0.05) is 32.7 Å². The molecule has 1 saturated carbocycles. The van der Waals surface area contributed by atoms with E-state index in [0.29, 0.717) is 38.6 Å². The minimum Gasteiger partial charge on any atom is -0.481 e. The highest BCUT2D eigenvalue weighted by Gasteiger charge is 2.43. The largest absolute Gasteiger partial charge is 0.481 e. The molecule has 1 aliphatic heterocycles. The van der Waals surface area contributed by atoms with Crippen molar-refractivity contribution in [3.8, 4) is 0 Å². The van der Waals surface area contributed by atoms with Crippen molar-refractivity contribution in [2.75, 3.05) is 39.0 Å². The Morgan fingerprint density at radius 2 is 1.71 bits per heavy atom. The summed E-state index contributed by atoms with van der Waals surface area (Å²) < 4.78 is 24.5. The molecule has 0 unspecified atom stereocenters. The van der Waals surface area contributed by atoms with Crippen LogP contribution in [0.25, 0.3) is 0 Å². The molecule has 2 rings (SSSR count). The maximum atomic E-state index is 11.7. The van der Waals surface area contributed by atoms with Gasteiger partial charge in [-0.15, -0.1) is 0 Å². The molecule has 0 aromatic heterocycles. The molecule has 2 aliphatic rings. The van der Waals surface area contributed by atoms with E-state index in [1.54, 1.807) is 0 Å². The van der Waals surface area contributed by atoms with Crippen LogP contribution in [-0.4, -0.2) is 67.7 Å². The summed E-state index contributed by atoms with van der Waals surface area (Å²) in [6.07, 6.45) is 4.63. The van der Waals surface area contributed by atoms with Gasteiger partial charge in [0.05, 0.1) is 11.7 Å². The summed E-state index contributed by atoms with van der Waals surface area (Å²) in [5, 5.41) is 9.65. The lowest BCUT2D eigenvalue weighted by molar-refractivity contribution is -0.153. The van der Waals surface area contributed by atoms with Gasteiger partial charge in [0.2, 0.25) is 10.0 Å². The summed E-state index contributed by atoms with van der Waals surface area (Å²) in [6.45, 7) is 4.90. The monoisotopic (exact) mass is 318 g/mol. The molecule has 0 aromatic rings. The molecular formula is C14H26N2O4S. The summed E-state index contributed by atoms with van der Waals surface area (Å²) in [5.41, 5.74) is -0.639. The summed E-state index contributed by atoms with van der Waals surface area (Å²) in [7, 11) is -3.13. The van der Waals surface area contributed by atoms with E-state index in [9.17, 15) is 18.3 Å². The molecule has 7 heteroatoms. The van der Waals surface area contributed by atoms with Crippen LogP contribution in [0.2, 0.25) is 0 Å². The average Bonchev–Trinajstić information content (AvgIpc) is 2.41. The summed E-state index contributed by atoms with van der Waals surface area (Å²) in [4.78, 5) is 13.9. The van der Waals surface area contributed by atoms with Gasteiger partial charge in [-0.05, 0) is 31.6 Å². The zero-order valence-corrected chi connectivity index (χ0v) is 13.7. The van der Waals surface area contributed by atoms with Crippen LogP contribution in [-0.2, 0) is 14.8 Å². The number of hydrogen-bond donors (Lipinski definition) is 1. The fourth-order valence-electron chi connectivity index (χ4n) is 3.40. The highest BCUT2D eigenvalue weighted by Crippen LogP contribution is 2.40. The van der Waals surface area contributed by atoms with Crippen LogP contribution in [0.4, 0.5) is 0 Å². The third-order valence-electron chi connectivity index (χ3n) is 5.01. The zero-order chi connectivity index (χ0) is 15.7. The van der Waals surface area contributed by atoms with Gasteiger partial charge in [-0.3, -0.25) is 9.69 Å². The number of aliphatic carboxylic acids is 1. The van der Waals surface area contributed by atoms with Gasteiger partial charge >= 0.3 is 5.97 Å². The van der Waals surface area contributed by atoms with Crippen molar-refractivity contribution >= 4 is 16.0 Å². The summed E-state index contributed by atoms with van der Waals surface area (Å²) in [5.74, 6) is -0.0838. The Hall–Kier alpha value is -0.660. The van der Waals surface area contributed by atoms with Gasteiger partial charge in [0.25, 0.3) is 0 Å². The summed E-state index contributed by atoms with van der Waals surface area (Å²) >= 11 is 0. The summed E-state index contributed by atoms with van der Waals surface area (Å²) in [6, 6.07) is 0. The Bertz CT molecular complexity index is 475. The molecule has 1 aliphatic carbocycles. The number of carbonyl (C=O) groups is 1. The second kappa shape index (κ2) is 6.22. The van der Waals surface area contributed by atoms with E-state index in [0.717, 1.165) is 25.7 Å². The first-order chi connectivity index (χ1) is 9.73. The molecule has 0 atom stereocenters. The highest BCUT2D eigenvalue weighted by atomic mass is 32.2. The molecule has 1 heterocycles. The minimum atomic E-state index is -3.13. The number of carboxylic acids is 1. The lowest BCUT2D eigenvalue weighted by Crippen LogP contribution is -2.53. The molecular weight excluding hydrogens is 292 g/mol. The van der Waals surface area contributed by atoms with E-state index in [1.807, 2.05) is 0 Å². The van der Waals surface area contributed by atoms with Crippen molar-refractivity contribution in [2.45, 2.75) is 32.6 Å². The maximum absolute atomic E-state index is 11.7. The smallest absolute Gasteiger partial charge is 0.310 e. The van der Waals surface area contributed by atoms with Gasteiger partial charge in [0.15, 0.2) is 0 Å². The van der Waals surface area contributed by atoms with Gasteiger partial charge in [-0.25, -0.2) is 8.42 Å². The quantitative estimate of drug-likeness (QED) is 0.831. The fourth-order valence-corrected chi connectivity index (χ4v) is 4.23. The van der Waals surface area contributed by atoms with E-state index in [4.69, 9.17) is 0 Å². The first-order valence-electron chi connectivity index (χ1n) is 7.64. The van der Waals surface area contributed by atoms with Crippen molar-refractivity contribution in [1.82, 2.24) is 9.21 Å². The second-order valence-corrected chi connectivity index (χ2v) is 8.69.